The number of carbonyl (C=O) groups excluding carboxylic acids is 1. The Kier molecular flexibility index (Phi) is 21.9. The highest BCUT2D eigenvalue weighted by Crippen LogP contribution is 2.14. The molecule has 0 saturated carbocycles. The summed E-state index contributed by atoms with van der Waals surface area (Å²) in [6.45, 7) is 3.44. The second-order valence-electron chi connectivity index (χ2n) is 8.39. The Hall–Kier alpha value is -0.770. The van der Waals surface area contributed by atoms with Crippen LogP contribution in [0, 0.1) is 0 Å². The van der Waals surface area contributed by atoms with Gasteiger partial charge in [0.05, 0.1) is 6.61 Å². The zero-order chi connectivity index (χ0) is 20.7. The number of rotatable bonds is 21. The van der Waals surface area contributed by atoms with Gasteiger partial charge in [0.15, 0.2) is 0 Å². The summed E-state index contributed by atoms with van der Waals surface area (Å²) >= 11 is 0. The number of nitrogens with zero attached hydrogens (tertiary/aromatic N) is 1. The van der Waals surface area contributed by atoms with Crippen LogP contribution in [0.5, 0.6) is 0 Å². The Morgan fingerprint density at radius 2 is 1.04 bits per heavy atom. The minimum absolute atomic E-state index is 0.0170. The summed E-state index contributed by atoms with van der Waals surface area (Å²) < 4.78 is 0. The van der Waals surface area contributed by atoms with Crippen molar-refractivity contribution in [3.8, 4) is 0 Å². The summed E-state index contributed by atoms with van der Waals surface area (Å²) in [5.41, 5.74) is 0. The van der Waals surface area contributed by atoms with Crippen LogP contribution in [0.25, 0.3) is 0 Å². The third kappa shape index (κ3) is 20.0. The summed E-state index contributed by atoms with van der Waals surface area (Å²) in [7, 11) is 1.71. The fourth-order valence-electron chi connectivity index (χ4n) is 3.61. The fourth-order valence-corrected chi connectivity index (χ4v) is 3.61. The zero-order valence-corrected chi connectivity index (χ0v) is 19.2. The van der Waals surface area contributed by atoms with Crippen LogP contribution in [0.2, 0.25) is 0 Å². The number of hydrogen-bond donors (Lipinski definition) is 2. The van der Waals surface area contributed by atoms with Crippen LogP contribution in [0.3, 0.4) is 0 Å². The number of likely N-dealkylation sites (N-methyl/N-ethyl adjacent to an activating group) is 1. The maximum absolute atomic E-state index is 11.6. The van der Waals surface area contributed by atoms with E-state index in [9.17, 15) is 4.79 Å². The van der Waals surface area contributed by atoms with E-state index in [-0.39, 0.29) is 12.6 Å². The minimum Gasteiger partial charge on any atom is -0.395 e. The highest BCUT2D eigenvalue weighted by Gasteiger charge is 2.05. The van der Waals surface area contributed by atoms with Gasteiger partial charge in [-0.15, -0.1) is 0 Å². The van der Waals surface area contributed by atoms with Crippen molar-refractivity contribution in [3.05, 3.63) is 0 Å². The smallest absolute Gasteiger partial charge is 0.317 e. The normalized spacial score (nSPS) is 11.0. The van der Waals surface area contributed by atoms with Crippen molar-refractivity contribution in [2.24, 2.45) is 0 Å². The molecule has 0 radical (unpaired) electrons. The van der Waals surface area contributed by atoms with Crippen molar-refractivity contribution >= 4 is 6.03 Å². The molecule has 0 unspecified atom stereocenters. The van der Waals surface area contributed by atoms with Gasteiger partial charge in [0.25, 0.3) is 0 Å². The number of hydrogen-bond acceptors (Lipinski definition) is 2. The van der Waals surface area contributed by atoms with Crippen LogP contribution < -0.4 is 5.32 Å². The number of nitrogens with one attached hydrogen (secondary N) is 1. The third-order valence-electron chi connectivity index (χ3n) is 5.59. The van der Waals surface area contributed by atoms with E-state index in [1.807, 2.05) is 0 Å². The van der Waals surface area contributed by atoms with Crippen molar-refractivity contribution in [2.75, 3.05) is 26.7 Å². The zero-order valence-electron chi connectivity index (χ0n) is 19.2. The molecule has 28 heavy (non-hydrogen) atoms. The van der Waals surface area contributed by atoms with E-state index in [0.29, 0.717) is 6.54 Å². The largest absolute Gasteiger partial charge is 0.395 e. The molecule has 2 N–H and O–H groups in total. The molecule has 0 heterocycles. The third-order valence-corrected chi connectivity index (χ3v) is 5.59. The summed E-state index contributed by atoms with van der Waals surface area (Å²) in [6.07, 6.45) is 24.8. The van der Waals surface area contributed by atoms with Crippen molar-refractivity contribution < 1.29 is 9.90 Å². The molecule has 4 heteroatoms. The average Bonchev–Trinajstić information content (AvgIpc) is 2.69. The van der Waals surface area contributed by atoms with Crippen LogP contribution >= 0.6 is 0 Å². The quantitative estimate of drug-likeness (QED) is 0.212. The summed E-state index contributed by atoms with van der Waals surface area (Å²) in [4.78, 5) is 13.1. The predicted octanol–water partition coefficient (Wildman–Crippen LogP) is 6.66. The molecule has 0 aliphatic carbocycles. The van der Waals surface area contributed by atoms with Gasteiger partial charge in [-0.25, -0.2) is 4.79 Å². The lowest BCUT2D eigenvalue weighted by atomic mass is 10.0. The predicted molar refractivity (Wildman–Crippen MR) is 122 cm³/mol. The Balaban J connectivity index is 3.11. The lowest BCUT2D eigenvalue weighted by molar-refractivity contribution is 0.190. The summed E-state index contributed by atoms with van der Waals surface area (Å²) in [5.74, 6) is 0. The van der Waals surface area contributed by atoms with E-state index in [0.717, 1.165) is 13.0 Å². The Morgan fingerprint density at radius 1 is 0.679 bits per heavy atom. The lowest BCUT2D eigenvalue weighted by Crippen LogP contribution is -2.39. The van der Waals surface area contributed by atoms with Gasteiger partial charge in [0.2, 0.25) is 0 Å². The lowest BCUT2D eigenvalue weighted by Gasteiger charge is -2.16. The second kappa shape index (κ2) is 22.5. The highest BCUT2D eigenvalue weighted by atomic mass is 16.3. The molecule has 0 aliphatic rings. The molecule has 0 atom stereocenters. The first kappa shape index (κ1) is 27.2. The van der Waals surface area contributed by atoms with E-state index in [4.69, 9.17) is 5.11 Å². The summed E-state index contributed by atoms with van der Waals surface area (Å²) in [6, 6.07) is -0.0824. The van der Waals surface area contributed by atoms with E-state index in [1.54, 1.807) is 7.05 Å². The number of aliphatic hydroxyl groups excluding tert-OH is 1. The number of urea groups is 1. The number of amides is 2. The average molecular weight is 399 g/mol. The number of unbranched alkanes of at least 4 members (excludes halogenated alkanes) is 17. The first-order chi connectivity index (χ1) is 13.7. The molecule has 0 aromatic heterocycles. The minimum atomic E-state index is -0.0824. The van der Waals surface area contributed by atoms with Gasteiger partial charge >= 0.3 is 6.03 Å². The molecular weight excluding hydrogens is 348 g/mol. The van der Waals surface area contributed by atoms with Gasteiger partial charge in [-0.1, -0.05) is 116 Å². The first-order valence-electron chi connectivity index (χ1n) is 12.3. The maximum atomic E-state index is 11.6. The van der Waals surface area contributed by atoms with Gasteiger partial charge in [0, 0.05) is 20.1 Å². The highest BCUT2D eigenvalue weighted by molar-refractivity contribution is 5.73. The van der Waals surface area contributed by atoms with Gasteiger partial charge in [-0.05, 0) is 6.42 Å². The van der Waals surface area contributed by atoms with Crippen molar-refractivity contribution in [1.82, 2.24) is 10.2 Å². The maximum Gasteiger partial charge on any atom is 0.317 e. The molecule has 0 aromatic rings. The molecular formula is C24H50N2O2. The van der Waals surface area contributed by atoms with Crippen molar-refractivity contribution in [3.63, 3.8) is 0 Å². The molecule has 4 nitrogen and oxygen atoms in total. The van der Waals surface area contributed by atoms with Crippen molar-refractivity contribution in [2.45, 2.75) is 122 Å². The molecule has 168 valence electrons. The fraction of sp³-hybridized carbons (Fsp3) is 0.958. The molecule has 0 fully saturated rings. The van der Waals surface area contributed by atoms with Gasteiger partial charge in [0.1, 0.15) is 0 Å². The number of carbonyl (C=O) groups is 1. The van der Waals surface area contributed by atoms with Crippen LogP contribution in [0.4, 0.5) is 4.79 Å². The van der Waals surface area contributed by atoms with Gasteiger partial charge < -0.3 is 15.3 Å². The Labute approximate surface area is 175 Å². The SMILES string of the molecule is CCCCCCCCCCCCCCCCCCCCNC(=O)N(C)CCO. The first-order valence-corrected chi connectivity index (χ1v) is 12.3. The van der Waals surface area contributed by atoms with Crippen LogP contribution in [0.15, 0.2) is 0 Å². The standard InChI is InChI=1S/C24H50N2O2/c1-3-4-5-6-7-8-9-10-11-12-13-14-15-16-17-18-19-20-21-25-24(28)26(2)22-23-27/h27H,3-23H2,1-2H3,(H,25,28). The molecule has 0 aliphatic heterocycles. The Morgan fingerprint density at radius 3 is 1.39 bits per heavy atom. The molecule has 2 amide bonds. The second-order valence-corrected chi connectivity index (χ2v) is 8.39. The number of aliphatic hydroxyl groups is 1. The van der Waals surface area contributed by atoms with Gasteiger partial charge in [-0.2, -0.15) is 0 Å². The topological polar surface area (TPSA) is 52.6 Å². The van der Waals surface area contributed by atoms with Crippen molar-refractivity contribution in [1.29, 1.82) is 0 Å². The molecule has 0 rings (SSSR count). The monoisotopic (exact) mass is 398 g/mol. The van der Waals surface area contributed by atoms with Gasteiger partial charge in [-0.3, -0.25) is 0 Å². The summed E-state index contributed by atoms with van der Waals surface area (Å²) in [5, 5.41) is 11.7. The van der Waals surface area contributed by atoms with Crippen LogP contribution in [-0.4, -0.2) is 42.8 Å². The van der Waals surface area contributed by atoms with E-state index < -0.39 is 0 Å². The molecule has 0 spiro atoms. The van der Waals surface area contributed by atoms with Crippen LogP contribution in [-0.2, 0) is 0 Å². The van der Waals surface area contributed by atoms with E-state index in [2.05, 4.69) is 12.2 Å². The molecule has 0 bridgehead atoms. The Bertz CT molecular complexity index is 324. The molecule has 0 aromatic carbocycles. The van der Waals surface area contributed by atoms with Crippen LogP contribution in [0.1, 0.15) is 122 Å². The van der Waals surface area contributed by atoms with E-state index in [1.165, 1.54) is 114 Å². The molecule has 0 saturated heterocycles. The van der Waals surface area contributed by atoms with E-state index >= 15 is 0 Å².